The van der Waals surface area contributed by atoms with Crippen LogP contribution in [-0.4, -0.2) is 85.1 Å². The van der Waals surface area contributed by atoms with Crippen molar-refractivity contribution in [2.24, 2.45) is 0 Å². The number of nitrogens with zero attached hydrogens (tertiary/aromatic N) is 5. The summed E-state index contributed by atoms with van der Waals surface area (Å²) in [6.45, 7) is 4.66. The number of imidazole rings is 1. The van der Waals surface area contributed by atoms with Crippen molar-refractivity contribution in [1.82, 2.24) is 23.7 Å². The predicted molar refractivity (Wildman–Crippen MR) is 165 cm³/mol. The van der Waals surface area contributed by atoms with E-state index in [1.54, 1.807) is 29.2 Å². The lowest BCUT2D eigenvalue weighted by Gasteiger charge is -2.42. The largest absolute Gasteiger partial charge is 0.497 e. The van der Waals surface area contributed by atoms with Gasteiger partial charge in [0.25, 0.3) is 15.9 Å². The summed E-state index contributed by atoms with van der Waals surface area (Å²) in [5.74, 6) is 0.175. The molecule has 2 atom stereocenters. The van der Waals surface area contributed by atoms with Crippen molar-refractivity contribution < 1.29 is 17.9 Å². The Hall–Kier alpha value is -4.44. The molecule has 4 aromatic rings. The van der Waals surface area contributed by atoms with E-state index in [2.05, 4.69) is 16.3 Å². The van der Waals surface area contributed by atoms with Gasteiger partial charge in [-0.1, -0.05) is 30.3 Å². The number of nitriles is 1. The van der Waals surface area contributed by atoms with E-state index in [9.17, 15) is 23.3 Å². The smallest absolute Gasteiger partial charge is 0.344 e. The number of likely N-dealkylation sites (tertiary alicyclic amines) is 1. The van der Waals surface area contributed by atoms with Crippen LogP contribution in [0.15, 0.2) is 82.5 Å². The van der Waals surface area contributed by atoms with Crippen LogP contribution < -0.4 is 15.7 Å². The first-order valence-electron chi connectivity index (χ1n) is 14.7. The van der Waals surface area contributed by atoms with E-state index in [0.717, 1.165) is 43.0 Å². The van der Waals surface area contributed by atoms with Crippen molar-refractivity contribution in [2.75, 3.05) is 46.4 Å². The molecule has 0 aliphatic carbocycles. The van der Waals surface area contributed by atoms with Crippen LogP contribution in [-0.2, 0) is 14.8 Å². The molecule has 2 aliphatic heterocycles. The summed E-state index contributed by atoms with van der Waals surface area (Å²) in [6.07, 6.45) is 1.80. The summed E-state index contributed by atoms with van der Waals surface area (Å²) >= 11 is 0. The molecule has 12 heteroatoms. The Labute approximate surface area is 255 Å². The minimum absolute atomic E-state index is 0.0795. The molecule has 6 rings (SSSR count). The van der Waals surface area contributed by atoms with E-state index in [1.807, 2.05) is 6.07 Å². The molecular formula is C32H34N6O5S. The summed E-state index contributed by atoms with van der Waals surface area (Å²) < 4.78 is 35.2. The Morgan fingerprint density at radius 3 is 2.41 bits per heavy atom. The van der Waals surface area contributed by atoms with Crippen molar-refractivity contribution in [2.45, 2.75) is 29.8 Å². The molecule has 0 saturated carbocycles. The zero-order chi connectivity index (χ0) is 30.8. The van der Waals surface area contributed by atoms with E-state index in [0.29, 0.717) is 24.4 Å². The van der Waals surface area contributed by atoms with Crippen LogP contribution in [0.2, 0.25) is 0 Å². The zero-order valence-electron chi connectivity index (χ0n) is 24.4. The van der Waals surface area contributed by atoms with Crippen LogP contribution >= 0.6 is 0 Å². The molecule has 228 valence electrons. The lowest BCUT2D eigenvalue weighted by molar-refractivity contribution is -0.135. The second-order valence-corrected chi connectivity index (χ2v) is 12.9. The van der Waals surface area contributed by atoms with E-state index < -0.39 is 21.8 Å². The fourth-order valence-corrected chi connectivity index (χ4v) is 7.70. The van der Waals surface area contributed by atoms with Gasteiger partial charge in [-0.2, -0.15) is 9.23 Å². The number of nitrogens with one attached hydrogen (secondary N) is 1. The Bertz CT molecular complexity index is 1870. The topological polar surface area (TPSA) is 130 Å². The van der Waals surface area contributed by atoms with Crippen molar-refractivity contribution >= 4 is 27.0 Å². The van der Waals surface area contributed by atoms with Crippen LogP contribution in [0.3, 0.4) is 0 Å². The monoisotopic (exact) mass is 614 g/mol. The van der Waals surface area contributed by atoms with Gasteiger partial charge >= 0.3 is 5.69 Å². The molecule has 2 unspecified atom stereocenters. The first kappa shape index (κ1) is 29.6. The van der Waals surface area contributed by atoms with Gasteiger partial charge in [-0.25, -0.2) is 13.2 Å². The van der Waals surface area contributed by atoms with Gasteiger partial charge in [0.05, 0.1) is 34.7 Å². The number of piperidine rings is 1. The number of fused-ring (bicyclic) bond motifs is 1. The molecule has 3 aromatic carbocycles. The van der Waals surface area contributed by atoms with Crippen molar-refractivity contribution in [3.05, 3.63) is 94.4 Å². The van der Waals surface area contributed by atoms with Crippen molar-refractivity contribution in [3.8, 4) is 11.8 Å². The molecule has 1 N–H and O–H groups in total. The third kappa shape index (κ3) is 5.38. The summed E-state index contributed by atoms with van der Waals surface area (Å²) in [5, 5.41) is 13.1. The second-order valence-electron chi connectivity index (χ2n) is 11.1. The number of hydrogen-bond donors (Lipinski definition) is 1. The Morgan fingerprint density at radius 1 is 1.00 bits per heavy atom. The number of ether oxygens (including phenoxy) is 1. The van der Waals surface area contributed by atoms with Crippen molar-refractivity contribution in [1.29, 1.82) is 5.26 Å². The van der Waals surface area contributed by atoms with E-state index in [1.165, 1.54) is 54.1 Å². The SMILES string of the molecule is COc1ccc(S(=O)(=O)n2c(=O)n(C(C(=O)N3CCCC(N4CCNCC4)C3)c3ccccc3)c3cc(C#N)ccc32)cc1. The van der Waals surface area contributed by atoms with Gasteiger partial charge in [0.2, 0.25) is 0 Å². The molecule has 2 fully saturated rings. The number of hydrogen-bond acceptors (Lipinski definition) is 8. The normalized spacial score (nSPS) is 18.5. The number of amides is 1. The summed E-state index contributed by atoms with van der Waals surface area (Å²) in [4.78, 5) is 33.1. The molecule has 11 nitrogen and oxygen atoms in total. The number of benzene rings is 3. The summed E-state index contributed by atoms with van der Waals surface area (Å²) in [6, 6.07) is 20.2. The predicted octanol–water partition coefficient (Wildman–Crippen LogP) is 2.41. The highest BCUT2D eigenvalue weighted by Gasteiger charge is 2.37. The maximum atomic E-state index is 14.6. The Balaban J connectivity index is 1.51. The fraction of sp³-hybridized carbons (Fsp3) is 0.344. The standard InChI is InChI=1S/C32H34N6O5S/c1-43-26-10-12-27(13-11-26)44(41,42)38-28-14-9-23(21-33)20-29(28)37(32(38)40)30(24-6-3-2-4-7-24)31(39)36-17-5-8-25(22-36)35-18-15-34-16-19-35/h2-4,6-7,9-14,20,25,30,34H,5,8,15-19,22H2,1H3. The lowest BCUT2D eigenvalue weighted by atomic mass is 9.99. The molecular weight excluding hydrogens is 580 g/mol. The molecule has 2 saturated heterocycles. The molecule has 0 radical (unpaired) electrons. The third-order valence-corrected chi connectivity index (χ3v) is 10.2. The van der Waals surface area contributed by atoms with Crippen molar-refractivity contribution in [3.63, 3.8) is 0 Å². The van der Waals surface area contributed by atoms with Gasteiger partial charge in [0.15, 0.2) is 0 Å². The van der Waals surface area contributed by atoms with Gasteiger partial charge in [-0.3, -0.25) is 14.3 Å². The Morgan fingerprint density at radius 2 is 1.73 bits per heavy atom. The van der Waals surface area contributed by atoms with Crippen LogP contribution in [0, 0.1) is 11.3 Å². The molecule has 1 aromatic heterocycles. The van der Waals surface area contributed by atoms with Gasteiger partial charge in [-0.15, -0.1) is 0 Å². The number of rotatable bonds is 7. The number of aromatic nitrogens is 2. The molecule has 1 amide bonds. The number of carbonyl (C=O) groups is 1. The van der Waals surface area contributed by atoms with Crippen LogP contribution in [0.5, 0.6) is 5.75 Å². The molecule has 44 heavy (non-hydrogen) atoms. The highest BCUT2D eigenvalue weighted by molar-refractivity contribution is 7.90. The lowest BCUT2D eigenvalue weighted by Crippen LogP contribution is -2.56. The van der Waals surface area contributed by atoms with Crippen LogP contribution in [0.1, 0.15) is 30.0 Å². The van der Waals surface area contributed by atoms with Gasteiger partial charge in [-0.05, 0) is 60.9 Å². The summed E-state index contributed by atoms with van der Waals surface area (Å²) in [5.41, 5.74) is 0.164. The van der Waals surface area contributed by atoms with Crippen LogP contribution in [0.25, 0.3) is 11.0 Å². The van der Waals surface area contributed by atoms with Gasteiger partial charge in [0, 0.05) is 45.3 Å². The minimum atomic E-state index is -4.40. The fourth-order valence-electron chi connectivity index (χ4n) is 6.31. The highest BCUT2D eigenvalue weighted by Crippen LogP contribution is 2.30. The van der Waals surface area contributed by atoms with E-state index in [4.69, 9.17) is 4.74 Å². The zero-order valence-corrected chi connectivity index (χ0v) is 25.2. The molecule has 0 spiro atoms. The average Bonchev–Trinajstić information content (AvgIpc) is 3.37. The quantitative estimate of drug-likeness (QED) is 0.336. The second kappa shape index (κ2) is 12.3. The number of methoxy groups -OCH3 is 1. The van der Waals surface area contributed by atoms with Gasteiger partial charge in [0.1, 0.15) is 11.8 Å². The highest BCUT2D eigenvalue weighted by atomic mass is 32.2. The average molecular weight is 615 g/mol. The maximum absolute atomic E-state index is 14.6. The third-order valence-electron chi connectivity index (χ3n) is 8.54. The first-order valence-corrected chi connectivity index (χ1v) is 16.1. The van der Waals surface area contributed by atoms with E-state index in [-0.39, 0.29) is 33.4 Å². The molecule has 0 bridgehead atoms. The van der Waals surface area contributed by atoms with Crippen LogP contribution in [0.4, 0.5) is 0 Å². The Kier molecular flexibility index (Phi) is 8.27. The molecule has 2 aliphatic rings. The molecule has 3 heterocycles. The first-order chi connectivity index (χ1) is 21.3. The number of piperazine rings is 1. The van der Waals surface area contributed by atoms with Gasteiger partial charge < -0.3 is 15.0 Å². The maximum Gasteiger partial charge on any atom is 0.344 e. The minimum Gasteiger partial charge on any atom is -0.497 e. The summed E-state index contributed by atoms with van der Waals surface area (Å²) in [7, 11) is -2.93. The van der Waals surface area contributed by atoms with E-state index >= 15 is 0 Å². The number of carbonyl (C=O) groups excluding carboxylic acids is 1.